The van der Waals surface area contributed by atoms with E-state index in [-0.39, 0.29) is 11.5 Å². The average molecular weight is 300 g/mol. The van der Waals surface area contributed by atoms with Crippen molar-refractivity contribution in [3.63, 3.8) is 0 Å². The van der Waals surface area contributed by atoms with Crippen LogP contribution in [0.3, 0.4) is 0 Å². The summed E-state index contributed by atoms with van der Waals surface area (Å²) in [5.74, 6) is 1.54. The number of methoxy groups -OCH3 is 1. The number of nitroso groups, excluding NO2 is 1. The highest BCUT2D eigenvalue weighted by atomic mass is 16.5. The lowest BCUT2D eigenvalue weighted by Crippen LogP contribution is -2.60. The molecule has 5 heteroatoms. The number of carbonyl (C=O) groups excluding carboxylic acids is 1. The van der Waals surface area contributed by atoms with Crippen molar-refractivity contribution in [3.8, 4) is 5.75 Å². The number of ketones is 1. The van der Waals surface area contributed by atoms with Crippen molar-refractivity contribution < 1.29 is 9.53 Å². The van der Waals surface area contributed by atoms with Crippen molar-refractivity contribution in [3.05, 3.63) is 34.2 Å². The minimum atomic E-state index is -0.122. The van der Waals surface area contributed by atoms with Gasteiger partial charge in [0.25, 0.3) is 0 Å². The van der Waals surface area contributed by atoms with E-state index in [0.717, 1.165) is 25.0 Å². The molecule has 2 aliphatic carbocycles. The molecule has 0 aromatic heterocycles. The smallest absolute Gasteiger partial charge is 0.133 e. The van der Waals surface area contributed by atoms with Gasteiger partial charge in [-0.1, -0.05) is 6.07 Å². The fourth-order valence-corrected chi connectivity index (χ4v) is 5.01. The third-order valence-corrected chi connectivity index (χ3v) is 5.98. The topological polar surface area (TPSA) is 59.0 Å². The lowest BCUT2D eigenvalue weighted by Gasteiger charge is -2.56. The van der Waals surface area contributed by atoms with Gasteiger partial charge in [-0.3, -0.25) is 9.80 Å². The highest BCUT2D eigenvalue weighted by Crippen LogP contribution is 2.55. The lowest BCUT2D eigenvalue weighted by molar-refractivity contribution is -0.127. The molecule has 2 bridgehead atoms. The second kappa shape index (κ2) is 4.80. The fraction of sp³-hybridized carbons (Fsp3) is 0.588. The van der Waals surface area contributed by atoms with Gasteiger partial charge >= 0.3 is 0 Å². The van der Waals surface area contributed by atoms with Gasteiger partial charge in [0.05, 0.1) is 18.4 Å². The predicted molar refractivity (Wildman–Crippen MR) is 81.6 cm³/mol. The van der Waals surface area contributed by atoms with E-state index in [1.807, 2.05) is 6.07 Å². The summed E-state index contributed by atoms with van der Waals surface area (Å²) in [7, 11) is 1.67. The van der Waals surface area contributed by atoms with E-state index in [1.54, 1.807) is 12.1 Å². The van der Waals surface area contributed by atoms with Crippen molar-refractivity contribution in [2.45, 2.75) is 43.6 Å². The van der Waals surface area contributed by atoms with Crippen molar-refractivity contribution >= 4 is 5.78 Å². The Hall–Kier alpha value is -1.91. The van der Waals surface area contributed by atoms with E-state index in [1.165, 1.54) is 11.1 Å². The molecule has 3 unspecified atom stereocenters. The third-order valence-electron chi connectivity index (χ3n) is 5.98. The zero-order chi connectivity index (χ0) is 15.3. The second-order valence-corrected chi connectivity index (χ2v) is 6.81. The number of hydrogen-bond donors (Lipinski definition) is 0. The molecule has 4 rings (SSSR count). The zero-order valence-corrected chi connectivity index (χ0v) is 12.7. The van der Waals surface area contributed by atoms with Gasteiger partial charge in [0.1, 0.15) is 11.5 Å². The standard InChI is InChI=1S/C17H20N2O3/c1-22-13-4-2-11-8-16-14-5-3-12(20)10-17(14,15(11)9-13)6-7-19(16)18-21/h2,4,9,14,16H,3,5-8,10H2,1H3. The van der Waals surface area contributed by atoms with Crippen molar-refractivity contribution in [1.29, 1.82) is 0 Å². The predicted octanol–water partition coefficient (Wildman–Crippen LogP) is 2.61. The Balaban J connectivity index is 1.89. The summed E-state index contributed by atoms with van der Waals surface area (Å²) in [6.45, 7) is 0.647. The molecule has 116 valence electrons. The molecule has 1 saturated carbocycles. The minimum Gasteiger partial charge on any atom is -0.497 e. The molecule has 0 N–H and O–H groups in total. The van der Waals surface area contributed by atoms with Gasteiger partial charge in [0.2, 0.25) is 0 Å². The van der Waals surface area contributed by atoms with Gasteiger partial charge in [-0.2, -0.15) is 0 Å². The van der Waals surface area contributed by atoms with Gasteiger partial charge in [0.15, 0.2) is 0 Å². The van der Waals surface area contributed by atoms with Gasteiger partial charge in [0, 0.05) is 24.8 Å². The molecular weight excluding hydrogens is 280 g/mol. The Kier molecular flexibility index (Phi) is 2.99. The first-order valence-electron chi connectivity index (χ1n) is 7.97. The molecule has 3 aliphatic rings. The maximum atomic E-state index is 12.2. The van der Waals surface area contributed by atoms with Crippen molar-refractivity contribution in [2.24, 2.45) is 11.2 Å². The van der Waals surface area contributed by atoms with Crippen molar-refractivity contribution in [1.82, 2.24) is 5.01 Å². The number of fused-ring (bicyclic) bond motifs is 1. The molecule has 2 fully saturated rings. The number of nitrogens with zero attached hydrogens (tertiary/aromatic N) is 2. The van der Waals surface area contributed by atoms with Crippen LogP contribution in [0.4, 0.5) is 0 Å². The summed E-state index contributed by atoms with van der Waals surface area (Å²) in [4.78, 5) is 23.4. The molecule has 3 atom stereocenters. The molecule has 1 saturated heterocycles. The van der Waals surface area contributed by atoms with E-state index in [9.17, 15) is 9.70 Å². The second-order valence-electron chi connectivity index (χ2n) is 6.81. The van der Waals surface area contributed by atoms with Crippen LogP contribution in [0.1, 0.15) is 36.8 Å². The molecule has 1 aromatic rings. The van der Waals surface area contributed by atoms with Gasteiger partial charge < -0.3 is 4.74 Å². The van der Waals surface area contributed by atoms with Crippen LogP contribution in [-0.4, -0.2) is 30.5 Å². The Bertz CT molecular complexity index is 645. The highest BCUT2D eigenvalue weighted by Gasteiger charge is 2.56. The molecule has 1 aliphatic heterocycles. The maximum absolute atomic E-state index is 12.2. The largest absolute Gasteiger partial charge is 0.497 e. The first-order valence-corrected chi connectivity index (χ1v) is 7.97. The molecule has 0 amide bonds. The van der Waals surface area contributed by atoms with Crippen LogP contribution in [0.15, 0.2) is 23.5 Å². The van der Waals surface area contributed by atoms with Crippen LogP contribution < -0.4 is 4.74 Å². The summed E-state index contributed by atoms with van der Waals surface area (Å²) < 4.78 is 5.40. The Labute approximate surface area is 129 Å². The Morgan fingerprint density at radius 2 is 2.27 bits per heavy atom. The molecule has 5 nitrogen and oxygen atoms in total. The first kappa shape index (κ1) is 13.7. The molecule has 1 heterocycles. The van der Waals surface area contributed by atoms with Crippen molar-refractivity contribution in [2.75, 3.05) is 13.7 Å². The minimum absolute atomic E-state index is 0.122. The molecule has 1 aromatic carbocycles. The summed E-state index contributed by atoms with van der Waals surface area (Å²) in [5.41, 5.74) is 2.39. The molecule has 0 spiro atoms. The van der Waals surface area contributed by atoms with Crippen LogP contribution in [0, 0.1) is 10.8 Å². The summed E-state index contributed by atoms with van der Waals surface area (Å²) in [5, 5.41) is 4.97. The van der Waals surface area contributed by atoms with E-state index >= 15 is 0 Å². The third kappa shape index (κ3) is 1.74. The number of benzene rings is 1. The zero-order valence-electron chi connectivity index (χ0n) is 12.7. The number of carbonyl (C=O) groups is 1. The van der Waals surface area contributed by atoms with E-state index in [0.29, 0.717) is 31.1 Å². The number of rotatable bonds is 2. The lowest BCUT2D eigenvalue weighted by atomic mass is 9.52. The van der Waals surface area contributed by atoms with Crippen LogP contribution >= 0.6 is 0 Å². The molecule has 22 heavy (non-hydrogen) atoms. The fourth-order valence-electron chi connectivity index (χ4n) is 5.01. The Morgan fingerprint density at radius 1 is 1.41 bits per heavy atom. The van der Waals surface area contributed by atoms with Gasteiger partial charge in [-0.25, -0.2) is 0 Å². The molecule has 0 radical (unpaired) electrons. The number of Topliss-reactive ketones (excluding diaryl/α,β-unsaturated/α-hetero) is 1. The Morgan fingerprint density at radius 3 is 3.05 bits per heavy atom. The van der Waals surface area contributed by atoms with Gasteiger partial charge in [-0.05, 0) is 48.4 Å². The van der Waals surface area contributed by atoms with Gasteiger partial charge in [-0.15, -0.1) is 4.91 Å². The van der Waals surface area contributed by atoms with E-state index in [2.05, 4.69) is 17.4 Å². The maximum Gasteiger partial charge on any atom is 0.133 e. The monoisotopic (exact) mass is 300 g/mol. The van der Waals surface area contributed by atoms with Crippen LogP contribution in [0.2, 0.25) is 0 Å². The quantitative estimate of drug-likeness (QED) is 0.788. The van der Waals surface area contributed by atoms with Crippen LogP contribution in [0.25, 0.3) is 0 Å². The summed E-state index contributed by atoms with van der Waals surface area (Å²) in [6, 6.07) is 6.31. The number of ether oxygens (including phenoxy) is 1. The number of hydrogen-bond acceptors (Lipinski definition) is 4. The summed E-state index contributed by atoms with van der Waals surface area (Å²) in [6.07, 6.45) is 3.76. The normalized spacial score (nSPS) is 33.0. The average Bonchev–Trinajstić information content (AvgIpc) is 2.54. The van der Waals surface area contributed by atoms with E-state index < -0.39 is 0 Å². The van der Waals surface area contributed by atoms with Crippen LogP contribution in [0.5, 0.6) is 5.75 Å². The first-order chi connectivity index (χ1) is 10.7. The van der Waals surface area contributed by atoms with E-state index in [4.69, 9.17) is 4.74 Å². The number of piperidine rings is 1. The SMILES string of the molecule is COc1ccc2c(c1)C13CCN(N=O)C(C2)C1CCC(=O)C3. The summed E-state index contributed by atoms with van der Waals surface area (Å²) >= 11 is 0. The van der Waals surface area contributed by atoms with Crippen LogP contribution in [-0.2, 0) is 16.6 Å². The highest BCUT2D eigenvalue weighted by molar-refractivity contribution is 5.81. The molecular formula is C17H20N2O3.